The van der Waals surface area contributed by atoms with E-state index in [-0.39, 0.29) is 11.9 Å². The lowest BCUT2D eigenvalue weighted by atomic mass is 10.0. The highest BCUT2D eigenvalue weighted by molar-refractivity contribution is 6.33. The second kappa shape index (κ2) is 5.94. The van der Waals surface area contributed by atoms with E-state index in [0.717, 1.165) is 5.75 Å². The van der Waals surface area contributed by atoms with Crippen LogP contribution < -0.4 is 10.1 Å². The van der Waals surface area contributed by atoms with E-state index in [1.807, 2.05) is 24.3 Å². The zero-order chi connectivity index (χ0) is 14.8. The zero-order valence-electron chi connectivity index (χ0n) is 11.8. The second-order valence-corrected chi connectivity index (χ2v) is 5.76. The molecule has 1 aliphatic rings. The van der Waals surface area contributed by atoms with Gasteiger partial charge in [-0.25, -0.2) is 4.39 Å². The zero-order valence-corrected chi connectivity index (χ0v) is 12.5. The minimum atomic E-state index is -0.286. The topological polar surface area (TPSA) is 21.3 Å². The molecule has 1 aliphatic carbocycles. The SMILES string of the molecule is COc1ccc(C(Nc2cc(F)ccc2Cl)C2CC2)cc1. The van der Waals surface area contributed by atoms with Gasteiger partial charge in [-0.1, -0.05) is 23.7 Å². The number of hydrogen-bond donors (Lipinski definition) is 1. The van der Waals surface area contributed by atoms with Crippen LogP contribution in [0.2, 0.25) is 5.02 Å². The number of hydrogen-bond acceptors (Lipinski definition) is 2. The van der Waals surface area contributed by atoms with Crippen molar-refractivity contribution in [2.45, 2.75) is 18.9 Å². The van der Waals surface area contributed by atoms with Crippen molar-refractivity contribution in [2.24, 2.45) is 5.92 Å². The highest BCUT2D eigenvalue weighted by atomic mass is 35.5. The summed E-state index contributed by atoms with van der Waals surface area (Å²) in [6.07, 6.45) is 2.35. The Balaban J connectivity index is 1.86. The lowest BCUT2D eigenvalue weighted by Gasteiger charge is -2.21. The molecule has 0 saturated heterocycles. The summed E-state index contributed by atoms with van der Waals surface area (Å²) in [5.41, 5.74) is 1.81. The summed E-state index contributed by atoms with van der Waals surface area (Å²) in [5, 5.41) is 3.93. The van der Waals surface area contributed by atoms with E-state index in [1.54, 1.807) is 13.2 Å². The number of methoxy groups -OCH3 is 1. The maximum Gasteiger partial charge on any atom is 0.125 e. The minimum absolute atomic E-state index is 0.148. The van der Waals surface area contributed by atoms with Gasteiger partial charge in [-0.15, -0.1) is 0 Å². The Morgan fingerprint density at radius 2 is 1.90 bits per heavy atom. The molecule has 2 nitrogen and oxygen atoms in total. The number of halogens is 2. The fourth-order valence-corrected chi connectivity index (χ4v) is 2.66. The molecule has 0 spiro atoms. The van der Waals surface area contributed by atoms with Crippen LogP contribution in [0.15, 0.2) is 42.5 Å². The number of anilines is 1. The van der Waals surface area contributed by atoms with Crippen molar-refractivity contribution in [1.82, 2.24) is 0 Å². The Bertz CT molecular complexity index is 625. The molecule has 2 aromatic carbocycles. The van der Waals surface area contributed by atoms with Crippen molar-refractivity contribution in [3.05, 3.63) is 58.9 Å². The molecule has 0 radical (unpaired) electrons. The smallest absolute Gasteiger partial charge is 0.125 e. The van der Waals surface area contributed by atoms with E-state index in [1.165, 1.54) is 30.5 Å². The summed E-state index contributed by atoms with van der Waals surface area (Å²) in [5.74, 6) is 1.11. The molecule has 3 rings (SSSR count). The van der Waals surface area contributed by atoms with Crippen molar-refractivity contribution in [2.75, 3.05) is 12.4 Å². The van der Waals surface area contributed by atoms with Crippen molar-refractivity contribution < 1.29 is 9.13 Å². The predicted octanol–water partition coefficient (Wildman–Crippen LogP) is 5.05. The molecule has 0 amide bonds. The maximum absolute atomic E-state index is 13.4. The van der Waals surface area contributed by atoms with Gasteiger partial charge in [0.05, 0.1) is 23.9 Å². The van der Waals surface area contributed by atoms with E-state index < -0.39 is 0 Å². The van der Waals surface area contributed by atoms with Gasteiger partial charge in [0.1, 0.15) is 11.6 Å². The van der Waals surface area contributed by atoms with E-state index in [9.17, 15) is 4.39 Å². The molecular formula is C17H17ClFNO. The summed E-state index contributed by atoms with van der Waals surface area (Å²) < 4.78 is 18.6. The maximum atomic E-state index is 13.4. The molecule has 110 valence electrons. The average Bonchev–Trinajstić information content (AvgIpc) is 3.33. The van der Waals surface area contributed by atoms with Crippen LogP contribution >= 0.6 is 11.6 Å². The first kappa shape index (κ1) is 14.2. The van der Waals surface area contributed by atoms with E-state index in [0.29, 0.717) is 16.6 Å². The van der Waals surface area contributed by atoms with Crippen LogP contribution in [0, 0.1) is 11.7 Å². The van der Waals surface area contributed by atoms with Gasteiger partial charge in [-0.05, 0) is 54.7 Å². The average molecular weight is 306 g/mol. The molecule has 2 aromatic rings. The minimum Gasteiger partial charge on any atom is -0.497 e. The largest absolute Gasteiger partial charge is 0.497 e. The van der Waals surface area contributed by atoms with Gasteiger partial charge in [-0.3, -0.25) is 0 Å². The first-order valence-corrected chi connectivity index (χ1v) is 7.40. The van der Waals surface area contributed by atoms with Gasteiger partial charge in [-0.2, -0.15) is 0 Å². The fourth-order valence-electron chi connectivity index (χ4n) is 2.49. The third-order valence-corrected chi connectivity index (χ3v) is 4.14. The Kier molecular flexibility index (Phi) is 4.02. The number of ether oxygens (including phenoxy) is 1. The summed E-state index contributed by atoms with van der Waals surface area (Å²) in [4.78, 5) is 0. The molecule has 1 atom stereocenters. The molecule has 0 heterocycles. The van der Waals surface area contributed by atoms with Crippen molar-refractivity contribution in [3.8, 4) is 5.75 Å². The van der Waals surface area contributed by atoms with Crippen LogP contribution in [0.3, 0.4) is 0 Å². The Hall–Kier alpha value is -1.74. The van der Waals surface area contributed by atoms with Crippen LogP contribution in [-0.2, 0) is 0 Å². The van der Waals surface area contributed by atoms with Crippen LogP contribution in [0.25, 0.3) is 0 Å². The van der Waals surface area contributed by atoms with Crippen molar-refractivity contribution in [3.63, 3.8) is 0 Å². The van der Waals surface area contributed by atoms with Gasteiger partial charge in [0.15, 0.2) is 0 Å². The lowest BCUT2D eigenvalue weighted by Crippen LogP contribution is -2.13. The standard InChI is InChI=1S/C17H17ClFNO/c1-21-14-7-4-12(5-8-14)17(11-2-3-11)20-16-10-13(19)6-9-15(16)18/h4-11,17,20H,2-3H2,1H3. The third-order valence-electron chi connectivity index (χ3n) is 3.81. The summed E-state index contributed by atoms with van der Waals surface area (Å²) >= 11 is 6.15. The van der Waals surface area contributed by atoms with Crippen LogP contribution in [0.5, 0.6) is 5.75 Å². The first-order valence-electron chi connectivity index (χ1n) is 7.03. The Morgan fingerprint density at radius 3 is 2.52 bits per heavy atom. The Labute approximate surface area is 128 Å². The predicted molar refractivity (Wildman–Crippen MR) is 83.5 cm³/mol. The molecule has 1 N–H and O–H groups in total. The highest BCUT2D eigenvalue weighted by Gasteiger charge is 2.32. The molecule has 0 bridgehead atoms. The van der Waals surface area contributed by atoms with E-state index in [2.05, 4.69) is 5.32 Å². The van der Waals surface area contributed by atoms with E-state index in [4.69, 9.17) is 16.3 Å². The molecule has 1 unspecified atom stereocenters. The van der Waals surface area contributed by atoms with E-state index >= 15 is 0 Å². The molecule has 0 aromatic heterocycles. The van der Waals surface area contributed by atoms with Crippen LogP contribution in [0.1, 0.15) is 24.4 Å². The molecule has 21 heavy (non-hydrogen) atoms. The highest BCUT2D eigenvalue weighted by Crippen LogP contribution is 2.44. The van der Waals surface area contributed by atoms with Gasteiger partial charge in [0.25, 0.3) is 0 Å². The fraction of sp³-hybridized carbons (Fsp3) is 0.294. The number of rotatable bonds is 5. The molecule has 1 saturated carbocycles. The van der Waals surface area contributed by atoms with Gasteiger partial charge in [0, 0.05) is 0 Å². The van der Waals surface area contributed by atoms with Gasteiger partial charge in [0.2, 0.25) is 0 Å². The lowest BCUT2D eigenvalue weighted by molar-refractivity contribution is 0.414. The summed E-state index contributed by atoms with van der Waals surface area (Å²) in [7, 11) is 1.65. The van der Waals surface area contributed by atoms with Crippen LogP contribution in [0.4, 0.5) is 10.1 Å². The normalized spacial score (nSPS) is 15.6. The molecule has 0 aliphatic heterocycles. The Morgan fingerprint density at radius 1 is 1.19 bits per heavy atom. The van der Waals surface area contributed by atoms with Gasteiger partial charge >= 0.3 is 0 Å². The van der Waals surface area contributed by atoms with Crippen molar-refractivity contribution >= 4 is 17.3 Å². The van der Waals surface area contributed by atoms with Crippen LogP contribution in [-0.4, -0.2) is 7.11 Å². The van der Waals surface area contributed by atoms with Crippen molar-refractivity contribution in [1.29, 1.82) is 0 Å². The van der Waals surface area contributed by atoms with Gasteiger partial charge < -0.3 is 10.1 Å². The number of benzene rings is 2. The third kappa shape index (κ3) is 3.30. The molecular weight excluding hydrogens is 289 g/mol. The summed E-state index contributed by atoms with van der Waals surface area (Å²) in [6, 6.07) is 12.5. The number of nitrogens with one attached hydrogen (secondary N) is 1. The quantitative estimate of drug-likeness (QED) is 0.834. The molecule has 4 heteroatoms. The monoisotopic (exact) mass is 305 g/mol. The first-order chi connectivity index (χ1) is 10.2. The molecule has 1 fully saturated rings. The second-order valence-electron chi connectivity index (χ2n) is 5.36. The summed E-state index contributed by atoms with van der Waals surface area (Å²) in [6.45, 7) is 0.